The van der Waals surface area contributed by atoms with Crippen molar-refractivity contribution in [1.29, 1.82) is 0 Å². The molecule has 1 aliphatic rings. The molecule has 132 valence electrons. The summed E-state index contributed by atoms with van der Waals surface area (Å²) in [5.74, 6) is -0.0650. The van der Waals surface area contributed by atoms with Crippen molar-refractivity contribution in [2.75, 3.05) is 13.6 Å². The molecule has 2 aromatic carbocycles. The Balaban J connectivity index is 1.91. The number of carbonyl (C=O) groups excluding carboxylic acids is 1. The molecular formula is C20H19N3O3. The standard InChI is InChI=1S/C20H19N3O3/c1-21-12-11-16-15-8-5-9-17(23(25)26)18(15)22(19(16)20(21)24)13-10-14-6-3-2-4-7-14/h2-9H,10-13H2,1H3. The molecule has 1 aliphatic heterocycles. The number of aryl methyl sites for hydroxylation is 2. The lowest BCUT2D eigenvalue weighted by molar-refractivity contribution is -0.383. The number of hydrogen-bond donors (Lipinski definition) is 0. The molecule has 0 spiro atoms. The fourth-order valence-corrected chi connectivity index (χ4v) is 3.78. The lowest BCUT2D eigenvalue weighted by Crippen LogP contribution is -2.35. The van der Waals surface area contributed by atoms with Crippen LogP contribution in [0.25, 0.3) is 10.9 Å². The Labute approximate surface area is 150 Å². The quantitative estimate of drug-likeness (QED) is 0.535. The highest BCUT2D eigenvalue weighted by molar-refractivity contribution is 6.05. The van der Waals surface area contributed by atoms with E-state index in [4.69, 9.17) is 0 Å². The Morgan fingerprint density at radius 3 is 2.62 bits per heavy atom. The van der Waals surface area contributed by atoms with Crippen molar-refractivity contribution in [2.45, 2.75) is 19.4 Å². The molecule has 0 bridgehead atoms. The zero-order valence-corrected chi connectivity index (χ0v) is 14.5. The molecule has 26 heavy (non-hydrogen) atoms. The number of carbonyl (C=O) groups is 1. The number of aromatic nitrogens is 1. The van der Waals surface area contributed by atoms with Crippen LogP contribution < -0.4 is 0 Å². The van der Waals surface area contributed by atoms with Crippen molar-refractivity contribution in [1.82, 2.24) is 9.47 Å². The molecule has 2 heterocycles. The highest BCUT2D eigenvalue weighted by atomic mass is 16.6. The van der Waals surface area contributed by atoms with Gasteiger partial charge in [0.25, 0.3) is 11.6 Å². The van der Waals surface area contributed by atoms with Crippen LogP contribution in [0.3, 0.4) is 0 Å². The fourth-order valence-electron chi connectivity index (χ4n) is 3.78. The number of amides is 1. The molecule has 6 heteroatoms. The van der Waals surface area contributed by atoms with Gasteiger partial charge in [0.15, 0.2) is 0 Å². The third kappa shape index (κ3) is 2.54. The summed E-state index contributed by atoms with van der Waals surface area (Å²) in [6.07, 6.45) is 1.42. The second kappa shape index (κ2) is 6.29. The van der Waals surface area contributed by atoms with Gasteiger partial charge in [-0.25, -0.2) is 0 Å². The second-order valence-corrected chi connectivity index (χ2v) is 6.62. The minimum atomic E-state index is -0.360. The number of nitro benzene ring substituents is 1. The van der Waals surface area contributed by atoms with Crippen LogP contribution in [0.2, 0.25) is 0 Å². The molecule has 1 aromatic heterocycles. The number of benzene rings is 2. The van der Waals surface area contributed by atoms with Gasteiger partial charge in [0, 0.05) is 31.6 Å². The molecule has 0 atom stereocenters. The van der Waals surface area contributed by atoms with E-state index in [0.717, 1.165) is 16.5 Å². The first-order chi connectivity index (χ1) is 12.6. The summed E-state index contributed by atoms with van der Waals surface area (Å²) < 4.78 is 1.85. The maximum atomic E-state index is 12.8. The molecule has 3 aromatic rings. The van der Waals surface area contributed by atoms with Gasteiger partial charge < -0.3 is 9.47 Å². The zero-order chi connectivity index (χ0) is 18.3. The van der Waals surface area contributed by atoms with Crippen LogP contribution >= 0.6 is 0 Å². The van der Waals surface area contributed by atoms with Crippen LogP contribution in [0.4, 0.5) is 5.69 Å². The van der Waals surface area contributed by atoms with Gasteiger partial charge >= 0.3 is 0 Å². The molecule has 0 unspecified atom stereocenters. The van der Waals surface area contributed by atoms with Crippen molar-refractivity contribution in [3.8, 4) is 0 Å². The van der Waals surface area contributed by atoms with Gasteiger partial charge in [-0.1, -0.05) is 42.5 Å². The number of fused-ring (bicyclic) bond motifs is 3. The Hall–Kier alpha value is -3.15. The first-order valence-electron chi connectivity index (χ1n) is 8.66. The van der Waals surface area contributed by atoms with E-state index < -0.39 is 0 Å². The van der Waals surface area contributed by atoms with E-state index in [2.05, 4.69) is 0 Å². The summed E-state index contributed by atoms with van der Waals surface area (Å²) in [5, 5.41) is 12.4. The van der Waals surface area contributed by atoms with E-state index in [1.807, 2.05) is 41.0 Å². The van der Waals surface area contributed by atoms with Crippen LogP contribution in [0.15, 0.2) is 48.5 Å². The molecule has 4 rings (SSSR count). The molecule has 1 amide bonds. The number of nitro groups is 1. The van der Waals surface area contributed by atoms with E-state index in [0.29, 0.717) is 37.1 Å². The SMILES string of the molecule is CN1CCc2c(n(CCc3ccccc3)c3c([N+](=O)[O-])cccc23)C1=O. The third-order valence-corrected chi connectivity index (χ3v) is 5.08. The Morgan fingerprint density at radius 2 is 1.88 bits per heavy atom. The maximum absolute atomic E-state index is 12.8. The summed E-state index contributed by atoms with van der Waals surface area (Å²) in [5.41, 5.74) is 3.28. The third-order valence-electron chi connectivity index (χ3n) is 5.08. The molecule has 0 aliphatic carbocycles. The molecule has 6 nitrogen and oxygen atoms in total. The predicted molar refractivity (Wildman–Crippen MR) is 99.4 cm³/mol. The summed E-state index contributed by atoms with van der Waals surface area (Å²) in [6, 6.07) is 15.1. The largest absolute Gasteiger partial charge is 0.340 e. The normalized spacial score (nSPS) is 13.9. The molecule has 0 saturated carbocycles. The van der Waals surface area contributed by atoms with Crippen molar-refractivity contribution < 1.29 is 9.72 Å². The van der Waals surface area contributed by atoms with Crippen LogP contribution in [0, 0.1) is 10.1 Å². The maximum Gasteiger partial charge on any atom is 0.293 e. The van der Waals surface area contributed by atoms with E-state index in [1.165, 1.54) is 6.07 Å². The molecule has 0 saturated heterocycles. The highest BCUT2D eigenvalue weighted by Gasteiger charge is 2.31. The monoisotopic (exact) mass is 349 g/mol. The van der Waals surface area contributed by atoms with Gasteiger partial charge in [0.2, 0.25) is 0 Å². The van der Waals surface area contributed by atoms with E-state index in [9.17, 15) is 14.9 Å². The fraction of sp³-hybridized carbons (Fsp3) is 0.250. The van der Waals surface area contributed by atoms with Gasteiger partial charge in [-0.2, -0.15) is 0 Å². The van der Waals surface area contributed by atoms with E-state index in [1.54, 1.807) is 18.0 Å². The smallest absolute Gasteiger partial charge is 0.293 e. The van der Waals surface area contributed by atoms with Crippen molar-refractivity contribution in [3.63, 3.8) is 0 Å². The average molecular weight is 349 g/mol. The lowest BCUT2D eigenvalue weighted by Gasteiger charge is -2.24. The predicted octanol–water partition coefficient (Wildman–Crippen LogP) is 3.42. The van der Waals surface area contributed by atoms with Crippen molar-refractivity contribution in [2.24, 2.45) is 0 Å². The van der Waals surface area contributed by atoms with Gasteiger partial charge in [-0.3, -0.25) is 14.9 Å². The van der Waals surface area contributed by atoms with Crippen molar-refractivity contribution >= 4 is 22.5 Å². The van der Waals surface area contributed by atoms with E-state index >= 15 is 0 Å². The highest BCUT2D eigenvalue weighted by Crippen LogP contribution is 2.35. The summed E-state index contributed by atoms with van der Waals surface area (Å²) in [7, 11) is 1.78. The Bertz CT molecular complexity index is 1010. The van der Waals surface area contributed by atoms with Crippen LogP contribution in [-0.4, -0.2) is 33.9 Å². The zero-order valence-electron chi connectivity index (χ0n) is 14.5. The minimum absolute atomic E-state index is 0.0559. The van der Waals surface area contributed by atoms with Crippen LogP contribution in [-0.2, 0) is 19.4 Å². The Kier molecular flexibility index (Phi) is 3.95. The summed E-state index contributed by atoms with van der Waals surface area (Å²) in [6.45, 7) is 1.16. The molecular weight excluding hydrogens is 330 g/mol. The lowest BCUT2D eigenvalue weighted by atomic mass is 10.0. The number of para-hydroxylation sites is 1. The van der Waals surface area contributed by atoms with Gasteiger partial charge in [0.1, 0.15) is 11.2 Å². The summed E-state index contributed by atoms with van der Waals surface area (Å²) >= 11 is 0. The van der Waals surface area contributed by atoms with Gasteiger partial charge in [-0.15, -0.1) is 0 Å². The Morgan fingerprint density at radius 1 is 1.12 bits per heavy atom. The topological polar surface area (TPSA) is 68.4 Å². The van der Waals surface area contributed by atoms with Crippen molar-refractivity contribution in [3.05, 3.63) is 75.5 Å². The van der Waals surface area contributed by atoms with Crippen LogP contribution in [0.5, 0.6) is 0 Å². The number of likely N-dealkylation sites (N-methyl/N-ethyl adjacent to an activating group) is 1. The average Bonchev–Trinajstić information content (AvgIpc) is 2.98. The molecule has 0 N–H and O–H groups in total. The summed E-state index contributed by atoms with van der Waals surface area (Å²) in [4.78, 5) is 25.8. The number of nitrogens with zero attached hydrogens (tertiary/aromatic N) is 3. The first kappa shape index (κ1) is 16.3. The molecule has 0 fully saturated rings. The van der Waals surface area contributed by atoms with Gasteiger partial charge in [0.05, 0.1) is 4.92 Å². The number of rotatable bonds is 4. The number of non-ortho nitro benzene ring substituents is 1. The molecule has 0 radical (unpaired) electrons. The van der Waals surface area contributed by atoms with Gasteiger partial charge in [-0.05, 0) is 24.0 Å². The minimum Gasteiger partial charge on any atom is -0.340 e. The number of hydrogen-bond acceptors (Lipinski definition) is 3. The first-order valence-corrected chi connectivity index (χ1v) is 8.66. The second-order valence-electron chi connectivity index (χ2n) is 6.62. The van der Waals surface area contributed by atoms with E-state index in [-0.39, 0.29) is 16.5 Å². The van der Waals surface area contributed by atoms with Crippen LogP contribution in [0.1, 0.15) is 21.6 Å².